The van der Waals surface area contributed by atoms with Crippen LogP contribution in [0.4, 0.5) is 5.69 Å². The van der Waals surface area contributed by atoms with Gasteiger partial charge < -0.3 is 9.64 Å². The summed E-state index contributed by atoms with van der Waals surface area (Å²) < 4.78 is 5.60. The van der Waals surface area contributed by atoms with Crippen LogP contribution in [0.15, 0.2) is 41.8 Å². The van der Waals surface area contributed by atoms with Crippen LogP contribution in [0.3, 0.4) is 0 Å². The second kappa shape index (κ2) is 9.73. The molecule has 0 unspecified atom stereocenters. The number of carbonyl (C=O) groups is 2. The summed E-state index contributed by atoms with van der Waals surface area (Å²) >= 11 is 1.80. The Balaban J connectivity index is 1.31. The number of piperazine rings is 1. The Morgan fingerprint density at radius 2 is 1.83 bits per heavy atom. The first-order valence-electron chi connectivity index (χ1n) is 10.7. The fraction of sp³-hybridized carbons (Fsp3) is 0.478. The highest BCUT2D eigenvalue weighted by atomic mass is 32.1. The van der Waals surface area contributed by atoms with Crippen LogP contribution in [0.2, 0.25) is 0 Å². The van der Waals surface area contributed by atoms with Crippen LogP contribution in [0, 0.1) is 0 Å². The molecule has 0 radical (unpaired) electrons. The molecule has 7 heteroatoms. The maximum absolute atomic E-state index is 13.1. The number of hydrogen-bond acceptors (Lipinski definition) is 6. The number of rotatable bonds is 8. The number of carbonyl (C=O) groups excluding carboxylic acids is 2. The predicted molar refractivity (Wildman–Crippen MR) is 119 cm³/mol. The van der Waals surface area contributed by atoms with E-state index in [4.69, 9.17) is 4.74 Å². The Bertz CT molecular complexity index is 845. The van der Waals surface area contributed by atoms with Gasteiger partial charge in [0.15, 0.2) is 0 Å². The van der Waals surface area contributed by atoms with E-state index in [0.29, 0.717) is 12.3 Å². The van der Waals surface area contributed by atoms with Gasteiger partial charge >= 0.3 is 0 Å². The highest BCUT2D eigenvalue weighted by Gasteiger charge is 2.43. The van der Waals surface area contributed by atoms with Gasteiger partial charge in [0, 0.05) is 37.6 Å². The summed E-state index contributed by atoms with van der Waals surface area (Å²) in [5, 5.41) is 2.12. The first-order valence-corrected chi connectivity index (χ1v) is 11.6. The zero-order valence-corrected chi connectivity index (χ0v) is 18.3. The van der Waals surface area contributed by atoms with E-state index >= 15 is 0 Å². The molecule has 1 atom stereocenters. The molecule has 2 saturated heterocycles. The van der Waals surface area contributed by atoms with E-state index in [1.54, 1.807) is 23.5 Å². The second-order valence-corrected chi connectivity index (χ2v) is 8.87. The summed E-state index contributed by atoms with van der Waals surface area (Å²) in [6.45, 7) is 7.28. The first kappa shape index (κ1) is 21.0. The summed E-state index contributed by atoms with van der Waals surface area (Å²) in [4.78, 5) is 33.1. The van der Waals surface area contributed by atoms with E-state index in [1.807, 2.05) is 12.1 Å². The highest BCUT2D eigenvalue weighted by molar-refractivity contribution is 7.09. The van der Waals surface area contributed by atoms with Crippen LogP contribution < -0.4 is 9.64 Å². The molecule has 4 rings (SSSR count). The van der Waals surface area contributed by atoms with Crippen molar-refractivity contribution in [3.63, 3.8) is 0 Å². The molecule has 0 bridgehead atoms. The van der Waals surface area contributed by atoms with E-state index in [0.717, 1.165) is 51.3 Å². The minimum absolute atomic E-state index is 0.103. The number of anilines is 1. The summed E-state index contributed by atoms with van der Waals surface area (Å²) in [6, 6.07) is 11.2. The standard InChI is InChI=1S/C23H29N3O3S/c1-2-15-29-19-7-5-18(6-8-19)26-22(27)17-21(23(26)28)25-13-11-24(12-14-25)10-9-20-4-3-16-30-20/h3-8,16,21H,2,9-15,17H2,1H3/t21-/m1/s1. The molecule has 0 N–H and O–H groups in total. The molecule has 2 aliphatic rings. The van der Waals surface area contributed by atoms with Crippen molar-refractivity contribution < 1.29 is 14.3 Å². The van der Waals surface area contributed by atoms with Crippen LogP contribution in [0.1, 0.15) is 24.6 Å². The molecule has 1 aromatic carbocycles. The van der Waals surface area contributed by atoms with Crippen LogP contribution >= 0.6 is 11.3 Å². The van der Waals surface area contributed by atoms with Gasteiger partial charge in [-0.25, -0.2) is 4.90 Å². The quantitative estimate of drug-likeness (QED) is 0.606. The molecule has 0 spiro atoms. The zero-order valence-electron chi connectivity index (χ0n) is 17.5. The maximum atomic E-state index is 13.1. The molecule has 160 valence electrons. The number of hydrogen-bond donors (Lipinski definition) is 0. The molecule has 30 heavy (non-hydrogen) atoms. The molecular formula is C23H29N3O3S. The van der Waals surface area contributed by atoms with Crippen molar-refractivity contribution in [2.45, 2.75) is 32.2 Å². The molecular weight excluding hydrogens is 398 g/mol. The van der Waals surface area contributed by atoms with E-state index in [1.165, 1.54) is 9.78 Å². The lowest BCUT2D eigenvalue weighted by atomic mass is 10.1. The van der Waals surface area contributed by atoms with Gasteiger partial charge in [-0.1, -0.05) is 13.0 Å². The Morgan fingerprint density at radius 3 is 2.50 bits per heavy atom. The monoisotopic (exact) mass is 427 g/mol. The number of thiophene rings is 1. The lowest BCUT2D eigenvalue weighted by molar-refractivity contribution is -0.123. The Hall–Kier alpha value is -2.22. The summed E-state index contributed by atoms with van der Waals surface area (Å²) in [7, 11) is 0. The van der Waals surface area contributed by atoms with Gasteiger partial charge in [0.25, 0.3) is 5.91 Å². The minimum atomic E-state index is -0.340. The number of nitrogens with zero attached hydrogens (tertiary/aromatic N) is 3. The smallest absolute Gasteiger partial charge is 0.251 e. The van der Waals surface area contributed by atoms with E-state index < -0.39 is 0 Å². The molecule has 3 heterocycles. The largest absolute Gasteiger partial charge is 0.494 e. The number of ether oxygens (including phenoxy) is 1. The van der Waals surface area contributed by atoms with Gasteiger partial charge in [-0.15, -0.1) is 11.3 Å². The molecule has 2 aliphatic heterocycles. The number of benzene rings is 1. The van der Waals surface area contributed by atoms with E-state index in [2.05, 4.69) is 34.2 Å². The van der Waals surface area contributed by atoms with Crippen molar-refractivity contribution in [1.82, 2.24) is 9.80 Å². The number of amides is 2. The third kappa shape index (κ3) is 4.74. The highest BCUT2D eigenvalue weighted by Crippen LogP contribution is 2.28. The fourth-order valence-corrected chi connectivity index (χ4v) is 4.80. The van der Waals surface area contributed by atoms with Crippen molar-refractivity contribution in [3.05, 3.63) is 46.7 Å². The van der Waals surface area contributed by atoms with Gasteiger partial charge in [-0.2, -0.15) is 0 Å². The molecule has 2 amide bonds. The van der Waals surface area contributed by atoms with Crippen molar-refractivity contribution >= 4 is 28.8 Å². The van der Waals surface area contributed by atoms with Crippen LogP contribution in [0.25, 0.3) is 0 Å². The van der Waals surface area contributed by atoms with Gasteiger partial charge in [-0.05, 0) is 48.6 Å². The molecule has 0 saturated carbocycles. The van der Waals surface area contributed by atoms with Crippen molar-refractivity contribution in [2.24, 2.45) is 0 Å². The van der Waals surface area contributed by atoms with E-state index in [9.17, 15) is 9.59 Å². The van der Waals surface area contributed by atoms with Crippen molar-refractivity contribution in [2.75, 3.05) is 44.2 Å². The van der Waals surface area contributed by atoms with Crippen molar-refractivity contribution in [3.8, 4) is 5.75 Å². The average Bonchev–Trinajstić information content (AvgIpc) is 3.39. The summed E-state index contributed by atoms with van der Waals surface area (Å²) in [6.07, 6.45) is 2.28. The van der Waals surface area contributed by atoms with Crippen LogP contribution in [0.5, 0.6) is 5.75 Å². The van der Waals surface area contributed by atoms with Gasteiger partial charge in [0.2, 0.25) is 5.91 Å². The zero-order chi connectivity index (χ0) is 20.9. The third-order valence-corrected chi connectivity index (χ3v) is 6.73. The fourth-order valence-electron chi connectivity index (χ4n) is 4.11. The average molecular weight is 428 g/mol. The molecule has 1 aromatic heterocycles. The first-order chi connectivity index (χ1) is 14.7. The molecule has 2 fully saturated rings. The predicted octanol–water partition coefficient (Wildman–Crippen LogP) is 3.03. The SMILES string of the molecule is CCCOc1ccc(N2C(=O)C[C@@H](N3CCN(CCc4cccs4)CC3)C2=O)cc1. The van der Waals surface area contributed by atoms with Gasteiger partial charge in [-0.3, -0.25) is 14.5 Å². The maximum Gasteiger partial charge on any atom is 0.251 e. The van der Waals surface area contributed by atoms with Gasteiger partial charge in [0.1, 0.15) is 5.75 Å². The summed E-state index contributed by atoms with van der Waals surface area (Å²) in [5.41, 5.74) is 0.630. The topological polar surface area (TPSA) is 53.1 Å². The Labute approximate surface area is 182 Å². The Morgan fingerprint density at radius 1 is 1.07 bits per heavy atom. The van der Waals surface area contributed by atoms with Gasteiger partial charge in [0.05, 0.1) is 24.8 Å². The lowest BCUT2D eigenvalue weighted by Crippen LogP contribution is -2.52. The molecule has 6 nitrogen and oxygen atoms in total. The second-order valence-electron chi connectivity index (χ2n) is 7.84. The minimum Gasteiger partial charge on any atom is -0.494 e. The lowest BCUT2D eigenvalue weighted by Gasteiger charge is -2.37. The van der Waals surface area contributed by atoms with Crippen molar-refractivity contribution in [1.29, 1.82) is 0 Å². The molecule has 2 aromatic rings. The van der Waals surface area contributed by atoms with E-state index in [-0.39, 0.29) is 24.3 Å². The molecule has 0 aliphatic carbocycles. The Kier molecular flexibility index (Phi) is 6.82. The summed E-state index contributed by atoms with van der Waals surface area (Å²) in [5.74, 6) is 0.538. The van der Waals surface area contributed by atoms with Crippen LogP contribution in [-0.2, 0) is 16.0 Å². The number of imide groups is 1. The van der Waals surface area contributed by atoms with Crippen LogP contribution in [-0.4, -0.2) is 67.0 Å². The third-order valence-electron chi connectivity index (χ3n) is 5.79. The normalized spacial score (nSPS) is 20.8.